The molecular formula is C29H27F5N6O4S. The summed E-state index contributed by atoms with van der Waals surface area (Å²) < 4.78 is 98.1. The molecule has 0 aliphatic carbocycles. The van der Waals surface area contributed by atoms with Crippen LogP contribution >= 0.6 is 0 Å². The van der Waals surface area contributed by atoms with Crippen molar-refractivity contribution in [2.45, 2.75) is 43.1 Å². The predicted molar refractivity (Wildman–Crippen MR) is 153 cm³/mol. The van der Waals surface area contributed by atoms with Gasteiger partial charge in [0.1, 0.15) is 23.1 Å². The Morgan fingerprint density at radius 2 is 1.71 bits per heavy atom. The Hall–Kier alpha value is -4.44. The molecule has 1 N–H and O–H groups in total. The van der Waals surface area contributed by atoms with Gasteiger partial charge in [0.05, 0.1) is 11.1 Å². The fourth-order valence-electron chi connectivity index (χ4n) is 4.79. The molecule has 0 radical (unpaired) electrons. The summed E-state index contributed by atoms with van der Waals surface area (Å²) in [5, 5.41) is 2.68. The maximum Gasteiger partial charge on any atom is 0.573 e. The minimum absolute atomic E-state index is 0.0790. The van der Waals surface area contributed by atoms with E-state index in [0.717, 1.165) is 28.6 Å². The first-order valence-electron chi connectivity index (χ1n) is 13.7. The van der Waals surface area contributed by atoms with Crippen molar-refractivity contribution >= 4 is 32.9 Å². The molecule has 1 amide bonds. The lowest BCUT2D eigenvalue weighted by Gasteiger charge is -2.40. The summed E-state index contributed by atoms with van der Waals surface area (Å²) in [5.41, 5.74) is 1.23. The third-order valence-electron chi connectivity index (χ3n) is 7.21. The van der Waals surface area contributed by atoms with Gasteiger partial charge in [0.25, 0.3) is 5.92 Å². The third kappa shape index (κ3) is 7.28. The standard InChI is InChI=1S/C29H27F5N6O4S/c1-2-28(30,31)20-7-5-19(6-8-20)16-37-27(41)24-18-39(25-17-36-23-4-3-13-35-26(23)38-25)14-15-40(24)45(42,43)22-11-9-21(10-12-22)44-29(32,33)34/h3-13,17,24H,2,14-16,18H2,1H3,(H,37,41)/t24-/m1/s1. The molecule has 16 heteroatoms. The molecule has 1 aliphatic rings. The molecule has 1 aliphatic heterocycles. The van der Waals surface area contributed by atoms with Gasteiger partial charge in [-0.25, -0.2) is 32.2 Å². The van der Waals surface area contributed by atoms with Gasteiger partial charge in [-0.1, -0.05) is 31.2 Å². The van der Waals surface area contributed by atoms with E-state index < -0.39 is 40.0 Å². The number of anilines is 1. The van der Waals surface area contributed by atoms with Crippen molar-refractivity contribution in [2.75, 3.05) is 24.5 Å². The van der Waals surface area contributed by atoms with Crippen LogP contribution in [0, 0.1) is 0 Å². The van der Waals surface area contributed by atoms with Crippen LogP contribution in [-0.4, -0.2) is 65.6 Å². The quantitative estimate of drug-likeness (QED) is 0.261. The zero-order chi connectivity index (χ0) is 32.4. The number of benzene rings is 2. The Labute approximate surface area is 254 Å². The number of nitrogens with zero attached hydrogens (tertiary/aromatic N) is 5. The number of halogens is 5. The molecule has 3 heterocycles. The van der Waals surface area contributed by atoms with Crippen molar-refractivity contribution in [1.82, 2.24) is 24.6 Å². The monoisotopic (exact) mass is 650 g/mol. The van der Waals surface area contributed by atoms with E-state index in [1.165, 1.54) is 37.4 Å². The van der Waals surface area contributed by atoms with Gasteiger partial charge in [-0.2, -0.15) is 4.31 Å². The van der Waals surface area contributed by atoms with E-state index in [1.54, 1.807) is 23.2 Å². The largest absolute Gasteiger partial charge is 0.573 e. The third-order valence-corrected chi connectivity index (χ3v) is 9.14. The molecule has 0 bridgehead atoms. The van der Waals surface area contributed by atoms with E-state index in [4.69, 9.17) is 0 Å². The SMILES string of the molecule is CCC(F)(F)c1ccc(CNC(=O)[C@H]2CN(c3cnc4cccnc4n3)CCN2S(=O)(=O)c2ccc(OC(F)(F)F)cc2)cc1. The molecule has 1 fully saturated rings. The highest BCUT2D eigenvalue weighted by Gasteiger charge is 2.41. The fourth-order valence-corrected chi connectivity index (χ4v) is 6.36. The number of nitrogens with one attached hydrogen (secondary N) is 1. The normalized spacial score (nSPS) is 16.5. The number of aromatic nitrogens is 3. The zero-order valence-corrected chi connectivity index (χ0v) is 24.5. The van der Waals surface area contributed by atoms with Gasteiger partial charge < -0.3 is 15.0 Å². The Kier molecular flexibility index (Phi) is 8.89. The van der Waals surface area contributed by atoms with Gasteiger partial charge in [0, 0.05) is 44.4 Å². The molecular weight excluding hydrogens is 623 g/mol. The molecule has 10 nitrogen and oxygen atoms in total. The minimum Gasteiger partial charge on any atom is -0.406 e. The maximum atomic E-state index is 14.0. The summed E-state index contributed by atoms with van der Waals surface area (Å²) in [7, 11) is -4.39. The minimum atomic E-state index is -4.96. The first-order valence-corrected chi connectivity index (χ1v) is 15.2. The number of carbonyl (C=O) groups is 1. The van der Waals surface area contributed by atoms with Gasteiger partial charge in [0.15, 0.2) is 5.65 Å². The number of carbonyl (C=O) groups excluding carboxylic acids is 1. The van der Waals surface area contributed by atoms with Gasteiger partial charge in [0.2, 0.25) is 15.9 Å². The smallest absolute Gasteiger partial charge is 0.406 e. The number of ether oxygens (including phenoxy) is 1. The number of rotatable bonds is 9. The molecule has 238 valence electrons. The van der Waals surface area contributed by atoms with Gasteiger partial charge >= 0.3 is 6.36 Å². The van der Waals surface area contributed by atoms with E-state index in [2.05, 4.69) is 25.0 Å². The predicted octanol–water partition coefficient (Wildman–Crippen LogP) is 4.62. The van der Waals surface area contributed by atoms with Crippen LogP contribution in [0.4, 0.5) is 27.8 Å². The molecule has 5 rings (SSSR count). The summed E-state index contributed by atoms with van der Waals surface area (Å²) in [5.74, 6) is -3.93. The molecule has 0 saturated carbocycles. The molecule has 45 heavy (non-hydrogen) atoms. The number of hydrogen-bond donors (Lipinski definition) is 1. The number of piperazine rings is 1. The van der Waals surface area contributed by atoms with E-state index in [1.807, 2.05) is 0 Å². The summed E-state index contributed by atoms with van der Waals surface area (Å²) >= 11 is 0. The van der Waals surface area contributed by atoms with Crippen LogP contribution in [0.15, 0.2) is 78.0 Å². The molecule has 1 atom stereocenters. The number of alkyl halides is 5. The Morgan fingerprint density at radius 1 is 1.00 bits per heavy atom. The van der Waals surface area contributed by atoms with Crippen LogP contribution < -0.4 is 15.0 Å². The van der Waals surface area contributed by atoms with Crippen LogP contribution in [0.25, 0.3) is 11.2 Å². The lowest BCUT2D eigenvalue weighted by molar-refractivity contribution is -0.274. The fraction of sp³-hybridized carbons (Fsp3) is 0.310. The van der Waals surface area contributed by atoms with Crippen LogP contribution in [0.3, 0.4) is 0 Å². The molecule has 1 saturated heterocycles. The van der Waals surface area contributed by atoms with Crippen molar-refractivity contribution in [3.8, 4) is 5.75 Å². The zero-order valence-electron chi connectivity index (χ0n) is 23.7. The number of sulfonamides is 1. The lowest BCUT2D eigenvalue weighted by Crippen LogP contribution is -2.60. The summed E-state index contributed by atoms with van der Waals surface area (Å²) in [4.78, 5) is 27.9. The summed E-state index contributed by atoms with van der Waals surface area (Å²) in [6, 6.07) is 11.2. The highest BCUT2D eigenvalue weighted by atomic mass is 32.2. The summed E-state index contributed by atoms with van der Waals surface area (Å²) in [6.07, 6.45) is -2.31. The van der Waals surface area contributed by atoms with Gasteiger partial charge in [-0.3, -0.25) is 4.79 Å². The summed E-state index contributed by atoms with van der Waals surface area (Å²) in [6.45, 7) is 1.08. The van der Waals surface area contributed by atoms with Crippen molar-refractivity contribution in [2.24, 2.45) is 0 Å². The molecule has 0 unspecified atom stereocenters. The van der Waals surface area contributed by atoms with Crippen molar-refractivity contribution < 1.29 is 39.9 Å². The molecule has 4 aromatic rings. The average molecular weight is 651 g/mol. The van der Waals surface area contributed by atoms with Crippen molar-refractivity contribution in [1.29, 1.82) is 0 Å². The van der Waals surface area contributed by atoms with Gasteiger partial charge in [-0.05, 0) is 42.0 Å². The van der Waals surface area contributed by atoms with Crippen LogP contribution in [0.5, 0.6) is 5.75 Å². The van der Waals surface area contributed by atoms with E-state index in [-0.39, 0.29) is 43.1 Å². The lowest BCUT2D eigenvalue weighted by atomic mass is 10.0. The van der Waals surface area contributed by atoms with E-state index in [9.17, 15) is 35.2 Å². The second-order valence-corrected chi connectivity index (χ2v) is 12.0. The van der Waals surface area contributed by atoms with Crippen LogP contribution in [-0.2, 0) is 27.3 Å². The first kappa shape index (κ1) is 32.0. The highest BCUT2D eigenvalue weighted by Crippen LogP contribution is 2.31. The molecule has 2 aromatic heterocycles. The second kappa shape index (κ2) is 12.5. The number of fused-ring (bicyclic) bond motifs is 1. The van der Waals surface area contributed by atoms with E-state index in [0.29, 0.717) is 22.5 Å². The molecule has 2 aromatic carbocycles. The Bertz CT molecular complexity index is 1770. The van der Waals surface area contributed by atoms with Gasteiger partial charge in [-0.15, -0.1) is 13.2 Å². The van der Waals surface area contributed by atoms with Crippen molar-refractivity contribution in [3.05, 3.63) is 84.2 Å². The first-order chi connectivity index (χ1) is 21.3. The Morgan fingerprint density at radius 3 is 2.38 bits per heavy atom. The average Bonchev–Trinajstić information content (AvgIpc) is 3.02. The number of amides is 1. The number of pyridine rings is 1. The van der Waals surface area contributed by atoms with E-state index >= 15 is 0 Å². The Balaban J connectivity index is 1.40. The second-order valence-electron chi connectivity index (χ2n) is 10.1. The van der Waals surface area contributed by atoms with Crippen molar-refractivity contribution in [3.63, 3.8) is 0 Å². The topological polar surface area (TPSA) is 118 Å². The number of hydrogen-bond acceptors (Lipinski definition) is 8. The van der Waals surface area contributed by atoms with Crippen LogP contribution in [0.2, 0.25) is 0 Å². The molecule has 0 spiro atoms. The highest BCUT2D eigenvalue weighted by molar-refractivity contribution is 7.89. The maximum absolute atomic E-state index is 14.0. The van der Waals surface area contributed by atoms with Crippen LogP contribution in [0.1, 0.15) is 24.5 Å².